The third kappa shape index (κ3) is 2.54. The van der Waals surface area contributed by atoms with Crippen molar-refractivity contribution in [2.75, 3.05) is 0 Å². The van der Waals surface area contributed by atoms with Crippen LogP contribution < -0.4 is 0 Å². The van der Waals surface area contributed by atoms with Gasteiger partial charge in [0, 0.05) is 33.6 Å². The first kappa shape index (κ1) is 13.1. The fourth-order valence-corrected chi connectivity index (χ4v) is 2.68. The van der Waals surface area contributed by atoms with E-state index in [0.717, 1.165) is 26.5 Å². The summed E-state index contributed by atoms with van der Waals surface area (Å²) in [5.74, 6) is 0.141. The molecule has 0 atom stereocenters. The summed E-state index contributed by atoms with van der Waals surface area (Å²) in [5.41, 5.74) is 3.99. The Morgan fingerprint density at radius 2 is 1.90 bits per heavy atom. The molecule has 3 heteroatoms. The van der Waals surface area contributed by atoms with Gasteiger partial charge < -0.3 is 4.98 Å². The van der Waals surface area contributed by atoms with Crippen molar-refractivity contribution >= 4 is 32.6 Å². The van der Waals surface area contributed by atoms with E-state index in [9.17, 15) is 4.79 Å². The monoisotopic (exact) mass is 327 g/mol. The van der Waals surface area contributed by atoms with Gasteiger partial charge in [-0.3, -0.25) is 4.79 Å². The van der Waals surface area contributed by atoms with E-state index in [1.54, 1.807) is 6.20 Å². The van der Waals surface area contributed by atoms with Crippen molar-refractivity contribution in [2.24, 2.45) is 0 Å². The third-order valence-electron chi connectivity index (χ3n) is 3.43. The molecule has 1 heterocycles. The van der Waals surface area contributed by atoms with Crippen molar-refractivity contribution in [1.29, 1.82) is 0 Å². The average Bonchev–Trinajstić information content (AvgIpc) is 2.84. The first-order valence-corrected chi connectivity index (χ1v) is 7.28. The van der Waals surface area contributed by atoms with Crippen molar-refractivity contribution in [2.45, 2.75) is 13.3 Å². The Kier molecular flexibility index (Phi) is 3.45. The highest BCUT2D eigenvalue weighted by Gasteiger charge is 2.12. The molecular formula is C17H14BrNO. The number of aryl methyl sites for hydroxylation is 1. The number of hydrogen-bond acceptors (Lipinski definition) is 1. The van der Waals surface area contributed by atoms with E-state index in [1.807, 2.05) is 49.4 Å². The van der Waals surface area contributed by atoms with Gasteiger partial charge in [0.05, 0.1) is 0 Å². The predicted molar refractivity (Wildman–Crippen MR) is 85.2 cm³/mol. The van der Waals surface area contributed by atoms with E-state index < -0.39 is 0 Å². The zero-order valence-corrected chi connectivity index (χ0v) is 12.7. The maximum absolute atomic E-state index is 12.4. The number of nitrogens with one attached hydrogen (secondary N) is 1. The van der Waals surface area contributed by atoms with E-state index in [-0.39, 0.29) is 5.78 Å². The van der Waals surface area contributed by atoms with E-state index >= 15 is 0 Å². The van der Waals surface area contributed by atoms with Gasteiger partial charge in [0.25, 0.3) is 0 Å². The lowest BCUT2D eigenvalue weighted by Crippen LogP contribution is -2.02. The quantitative estimate of drug-likeness (QED) is 0.697. The zero-order chi connectivity index (χ0) is 14.1. The molecule has 3 rings (SSSR count). The molecule has 0 aliphatic carbocycles. The van der Waals surface area contributed by atoms with Crippen LogP contribution in [0.25, 0.3) is 10.9 Å². The second-order valence-electron chi connectivity index (χ2n) is 4.98. The largest absolute Gasteiger partial charge is 0.360 e. The molecule has 2 aromatic carbocycles. The number of carbonyl (C=O) groups is 1. The van der Waals surface area contributed by atoms with Crippen molar-refractivity contribution in [3.63, 3.8) is 0 Å². The number of hydrogen-bond donors (Lipinski definition) is 1. The SMILES string of the molecule is Cc1ccc(CC(=O)c2c[nH]c3cc(Br)ccc23)cc1. The number of benzene rings is 2. The summed E-state index contributed by atoms with van der Waals surface area (Å²) in [6.07, 6.45) is 2.23. The number of aromatic amines is 1. The van der Waals surface area contributed by atoms with Crippen molar-refractivity contribution in [3.8, 4) is 0 Å². The highest BCUT2D eigenvalue weighted by atomic mass is 79.9. The summed E-state index contributed by atoms with van der Waals surface area (Å²) in [7, 11) is 0. The Labute approximate surface area is 126 Å². The standard InChI is InChI=1S/C17H14BrNO/c1-11-2-4-12(5-3-11)8-17(20)15-10-19-16-9-13(18)6-7-14(15)16/h2-7,9-10,19H,8H2,1H3. The predicted octanol–water partition coefficient (Wildman–Crippen LogP) is 4.66. The molecule has 100 valence electrons. The molecule has 0 aliphatic rings. The minimum Gasteiger partial charge on any atom is -0.360 e. The molecule has 0 fully saturated rings. The Bertz CT molecular complexity index is 771. The van der Waals surface area contributed by atoms with Gasteiger partial charge >= 0.3 is 0 Å². The molecule has 0 bridgehead atoms. The number of Topliss-reactive ketones (excluding diaryl/α,β-unsaturated/α-hetero) is 1. The van der Waals surface area contributed by atoms with Gasteiger partial charge in [-0.1, -0.05) is 51.8 Å². The molecule has 0 unspecified atom stereocenters. The number of halogens is 1. The van der Waals surface area contributed by atoms with Crippen LogP contribution in [0.2, 0.25) is 0 Å². The molecule has 1 N–H and O–H groups in total. The van der Waals surface area contributed by atoms with E-state index in [0.29, 0.717) is 6.42 Å². The summed E-state index contributed by atoms with van der Waals surface area (Å²) >= 11 is 3.43. The van der Waals surface area contributed by atoms with Gasteiger partial charge in [0.2, 0.25) is 0 Å². The van der Waals surface area contributed by atoms with E-state index in [4.69, 9.17) is 0 Å². The van der Waals surface area contributed by atoms with Gasteiger partial charge in [-0.15, -0.1) is 0 Å². The fraction of sp³-hybridized carbons (Fsp3) is 0.118. The lowest BCUT2D eigenvalue weighted by Gasteiger charge is -2.01. The smallest absolute Gasteiger partial charge is 0.169 e. The maximum Gasteiger partial charge on any atom is 0.169 e. The number of H-pyrrole nitrogens is 1. The Morgan fingerprint density at radius 1 is 1.15 bits per heavy atom. The summed E-state index contributed by atoms with van der Waals surface area (Å²) in [5, 5.41) is 0.977. The lowest BCUT2D eigenvalue weighted by atomic mass is 10.0. The average molecular weight is 328 g/mol. The summed E-state index contributed by atoms with van der Waals surface area (Å²) < 4.78 is 1.00. The zero-order valence-electron chi connectivity index (χ0n) is 11.1. The van der Waals surface area contributed by atoms with Gasteiger partial charge in [0.1, 0.15) is 0 Å². The fourth-order valence-electron chi connectivity index (χ4n) is 2.32. The van der Waals surface area contributed by atoms with Crippen LogP contribution in [0.3, 0.4) is 0 Å². The Morgan fingerprint density at radius 3 is 2.65 bits per heavy atom. The van der Waals surface area contributed by atoms with Crippen molar-refractivity contribution in [1.82, 2.24) is 4.98 Å². The van der Waals surface area contributed by atoms with Gasteiger partial charge in [-0.2, -0.15) is 0 Å². The van der Waals surface area contributed by atoms with Gasteiger partial charge in [-0.05, 0) is 24.6 Å². The molecule has 3 aromatic rings. The molecule has 0 aliphatic heterocycles. The number of aromatic nitrogens is 1. The molecule has 0 amide bonds. The third-order valence-corrected chi connectivity index (χ3v) is 3.92. The first-order chi connectivity index (χ1) is 9.63. The summed E-state index contributed by atoms with van der Waals surface area (Å²) in [6, 6.07) is 14.0. The number of carbonyl (C=O) groups excluding carboxylic acids is 1. The second kappa shape index (κ2) is 5.25. The molecule has 0 spiro atoms. The number of fused-ring (bicyclic) bond motifs is 1. The molecule has 2 nitrogen and oxygen atoms in total. The molecule has 1 aromatic heterocycles. The minimum absolute atomic E-state index is 0.141. The van der Waals surface area contributed by atoms with Crippen molar-refractivity contribution in [3.05, 3.63) is 69.8 Å². The van der Waals surface area contributed by atoms with Crippen LogP contribution in [0.5, 0.6) is 0 Å². The Hall–Kier alpha value is -1.87. The first-order valence-electron chi connectivity index (χ1n) is 6.49. The molecule has 20 heavy (non-hydrogen) atoms. The molecule has 0 saturated carbocycles. The molecule has 0 radical (unpaired) electrons. The number of rotatable bonds is 3. The van der Waals surface area contributed by atoms with Crippen molar-refractivity contribution < 1.29 is 4.79 Å². The van der Waals surface area contributed by atoms with E-state index in [2.05, 4.69) is 20.9 Å². The topological polar surface area (TPSA) is 32.9 Å². The lowest BCUT2D eigenvalue weighted by molar-refractivity contribution is 0.0994. The maximum atomic E-state index is 12.4. The Balaban J connectivity index is 1.91. The van der Waals surface area contributed by atoms with Gasteiger partial charge in [0.15, 0.2) is 5.78 Å². The minimum atomic E-state index is 0.141. The van der Waals surface area contributed by atoms with Crippen LogP contribution in [-0.4, -0.2) is 10.8 Å². The van der Waals surface area contributed by atoms with Crippen LogP contribution >= 0.6 is 15.9 Å². The highest BCUT2D eigenvalue weighted by molar-refractivity contribution is 9.10. The molecule has 0 saturated heterocycles. The van der Waals surface area contributed by atoms with Crippen LogP contribution in [0.15, 0.2) is 53.1 Å². The highest BCUT2D eigenvalue weighted by Crippen LogP contribution is 2.23. The summed E-state index contributed by atoms with van der Waals surface area (Å²) in [6.45, 7) is 2.04. The van der Waals surface area contributed by atoms with Crippen LogP contribution in [-0.2, 0) is 6.42 Å². The number of ketones is 1. The normalized spacial score (nSPS) is 10.9. The van der Waals surface area contributed by atoms with Gasteiger partial charge in [-0.25, -0.2) is 0 Å². The summed E-state index contributed by atoms with van der Waals surface area (Å²) in [4.78, 5) is 15.6. The van der Waals surface area contributed by atoms with Crippen LogP contribution in [0.1, 0.15) is 21.5 Å². The van der Waals surface area contributed by atoms with Crippen LogP contribution in [0, 0.1) is 6.92 Å². The molecular weight excluding hydrogens is 314 g/mol. The second-order valence-corrected chi connectivity index (χ2v) is 5.89. The van der Waals surface area contributed by atoms with Crippen LogP contribution in [0.4, 0.5) is 0 Å². The van der Waals surface area contributed by atoms with E-state index in [1.165, 1.54) is 5.56 Å².